The molecule has 0 bridgehead atoms. The van der Waals surface area contributed by atoms with Crippen LogP contribution in [0.2, 0.25) is 0 Å². The highest BCUT2D eigenvalue weighted by Crippen LogP contribution is 2.41. The molecule has 0 N–H and O–H groups in total. The molecule has 0 unspecified atom stereocenters. The summed E-state index contributed by atoms with van der Waals surface area (Å²) < 4.78 is 2.21. The summed E-state index contributed by atoms with van der Waals surface area (Å²) in [4.78, 5) is 44.1. The van der Waals surface area contributed by atoms with Gasteiger partial charge in [0.15, 0.2) is 0 Å². The first-order valence-corrected chi connectivity index (χ1v) is 13.6. The van der Waals surface area contributed by atoms with Gasteiger partial charge in [0, 0.05) is 51.3 Å². The summed E-state index contributed by atoms with van der Waals surface area (Å²) in [6.45, 7) is 6.16. The Kier molecular flexibility index (Phi) is 7.29. The van der Waals surface area contributed by atoms with Crippen molar-refractivity contribution in [2.24, 2.45) is 5.16 Å². The van der Waals surface area contributed by atoms with Crippen LogP contribution in [0.4, 0.5) is 0 Å². The molecule has 1 aliphatic rings. The largest absolute Gasteiger partial charge is 0.341 e. The van der Waals surface area contributed by atoms with Crippen LogP contribution in [0.15, 0.2) is 75.6 Å². The Morgan fingerprint density at radius 3 is 2.45 bits per heavy atom. The van der Waals surface area contributed by atoms with Crippen molar-refractivity contribution in [1.29, 1.82) is 0 Å². The number of benzene rings is 3. The summed E-state index contributed by atoms with van der Waals surface area (Å²) in [6.07, 6.45) is 4.02. The Hall–Kier alpha value is -3.97. The van der Waals surface area contributed by atoms with Crippen LogP contribution >= 0.6 is 11.8 Å². The molecule has 7 heteroatoms. The van der Waals surface area contributed by atoms with Gasteiger partial charge >= 0.3 is 5.97 Å². The van der Waals surface area contributed by atoms with E-state index in [2.05, 4.69) is 28.8 Å². The number of carbonyl (C=O) groups is 3. The maximum atomic E-state index is 13.4. The molecule has 1 aromatic heterocycles. The van der Waals surface area contributed by atoms with Gasteiger partial charge in [0.2, 0.25) is 11.6 Å². The van der Waals surface area contributed by atoms with Gasteiger partial charge in [0.1, 0.15) is 5.71 Å². The smallest absolute Gasteiger partial charge is 0.331 e. The maximum Gasteiger partial charge on any atom is 0.331 e. The lowest BCUT2D eigenvalue weighted by atomic mass is 10.00. The van der Waals surface area contributed by atoms with Gasteiger partial charge in [0.25, 0.3) is 0 Å². The van der Waals surface area contributed by atoms with E-state index < -0.39 is 5.97 Å². The van der Waals surface area contributed by atoms with Gasteiger partial charge in [0.05, 0.1) is 4.91 Å². The summed E-state index contributed by atoms with van der Waals surface area (Å²) in [5.41, 5.74) is 4.48. The van der Waals surface area contributed by atoms with Crippen molar-refractivity contribution in [2.45, 2.75) is 51.5 Å². The highest BCUT2D eigenvalue weighted by molar-refractivity contribution is 8.04. The number of carbonyl (C=O) groups excluding carboxylic acids is 3. The molecule has 6 nitrogen and oxygen atoms in total. The number of oxime groups is 1. The number of nitrogens with zero attached hydrogens (tertiary/aromatic N) is 2. The Labute approximate surface area is 225 Å². The average molecular weight is 525 g/mol. The van der Waals surface area contributed by atoms with Gasteiger partial charge in [-0.05, 0) is 73.9 Å². The SMILES string of the molecule is CCCC/C(=N\OC(C)=O)C(=O)c1ccc2c(c1)c1cc(/C=C3\Sc4ccccc4C3=O)ccc1n2CC. The second-order valence-electron chi connectivity index (χ2n) is 9.24. The zero-order valence-electron chi connectivity index (χ0n) is 21.6. The van der Waals surface area contributed by atoms with Crippen molar-refractivity contribution in [1.82, 2.24) is 4.57 Å². The number of aromatic nitrogens is 1. The summed E-state index contributed by atoms with van der Waals surface area (Å²) in [6, 6.07) is 19.5. The lowest BCUT2D eigenvalue weighted by Gasteiger charge is -2.06. The number of unbranched alkanes of at least 4 members (excludes halogenated alkanes) is 1. The number of ketones is 2. The molecule has 38 heavy (non-hydrogen) atoms. The van der Waals surface area contributed by atoms with Crippen molar-refractivity contribution < 1.29 is 19.2 Å². The lowest BCUT2D eigenvalue weighted by Crippen LogP contribution is -2.15. The monoisotopic (exact) mass is 524 g/mol. The van der Waals surface area contributed by atoms with Crippen LogP contribution in [0.3, 0.4) is 0 Å². The molecule has 2 heterocycles. The highest BCUT2D eigenvalue weighted by Gasteiger charge is 2.25. The van der Waals surface area contributed by atoms with E-state index in [0.29, 0.717) is 16.9 Å². The molecule has 0 spiro atoms. The fourth-order valence-corrected chi connectivity index (χ4v) is 5.86. The van der Waals surface area contributed by atoms with E-state index in [1.807, 2.05) is 55.5 Å². The molecule has 192 valence electrons. The summed E-state index contributed by atoms with van der Waals surface area (Å²) >= 11 is 1.49. The number of allylic oxidation sites excluding steroid dienone is 1. The molecule has 0 saturated carbocycles. The first-order valence-electron chi connectivity index (χ1n) is 12.8. The standard InChI is InChI=1S/C31H28N2O4S/c1-4-6-10-25(32-37-19(3)34)30(35)21-13-15-27-24(18-21)23-16-20(12-14-26(23)33(27)5-2)17-29-31(36)22-9-7-8-11-28(22)38-29/h7-9,11-18H,4-6,10H2,1-3H3/b29-17-,32-25+. The number of rotatable bonds is 8. The Morgan fingerprint density at radius 1 is 1.00 bits per heavy atom. The number of fused-ring (bicyclic) bond motifs is 4. The third-order valence-corrected chi connectivity index (χ3v) is 7.75. The molecule has 0 atom stereocenters. The lowest BCUT2D eigenvalue weighted by molar-refractivity contribution is -0.140. The van der Waals surface area contributed by atoms with Crippen molar-refractivity contribution in [3.05, 3.63) is 82.3 Å². The molecule has 0 fully saturated rings. The van der Waals surface area contributed by atoms with Crippen molar-refractivity contribution in [3.63, 3.8) is 0 Å². The van der Waals surface area contributed by atoms with E-state index in [4.69, 9.17) is 4.84 Å². The van der Waals surface area contributed by atoms with E-state index in [1.54, 1.807) is 6.07 Å². The minimum atomic E-state index is -0.558. The van der Waals surface area contributed by atoms with Crippen molar-refractivity contribution in [3.8, 4) is 0 Å². The Bertz CT molecular complexity index is 1660. The molecule has 0 saturated heterocycles. The maximum absolute atomic E-state index is 13.4. The summed E-state index contributed by atoms with van der Waals surface area (Å²) in [5, 5.41) is 5.82. The fraction of sp³-hybridized carbons (Fsp3) is 0.226. The molecule has 3 aromatic carbocycles. The van der Waals surface area contributed by atoms with Crippen LogP contribution in [0, 0.1) is 0 Å². The quantitative estimate of drug-likeness (QED) is 0.0787. The van der Waals surface area contributed by atoms with E-state index in [9.17, 15) is 14.4 Å². The third-order valence-electron chi connectivity index (χ3n) is 6.65. The van der Waals surface area contributed by atoms with Gasteiger partial charge in [-0.3, -0.25) is 9.59 Å². The summed E-state index contributed by atoms with van der Waals surface area (Å²) in [5.74, 6) is -0.763. The normalized spacial score (nSPS) is 14.4. The average Bonchev–Trinajstić information content (AvgIpc) is 3.41. The first-order chi connectivity index (χ1) is 18.4. The number of hydrogen-bond donors (Lipinski definition) is 0. The van der Waals surface area contributed by atoms with Crippen LogP contribution in [-0.4, -0.2) is 27.8 Å². The zero-order chi connectivity index (χ0) is 26.8. The molecular formula is C31H28N2O4S. The van der Waals surface area contributed by atoms with Gasteiger partial charge in [-0.2, -0.15) is 0 Å². The molecule has 5 rings (SSSR count). The van der Waals surface area contributed by atoms with Crippen molar-refractivity contribution >= 4 is 62.9 Å². The second-order valence-corrected chi connectivity index (χ2v) is 10.3. The Balaban J connectivity index is 1.57. The van der Waals surface area contributed by atoms with Gasteiger partial charge in [-0.25, -0.2) is 4.79 Å². The summed E-state index contributed by atoms with van der Waals surface area (Å²) in [7, 11) is 0. The van der Waals surface area contributed by atoms with Gasteiger partial charge in [-0.15, -0.1) is 0 Å². The predicted molar refractivity (Wildman–Crippen MR) is 153 cm³/mol. The van der Waals surface area contributed by atoms with E-state index in [1.165, 1.54) is 18.7 Å². The zero-order valence-corrected chi connectivity index (χ0v) is 22.4. The van der Waals surface area contributed by atoms with Crippen LogP contribution in [0.25, 0.3) is 27.9 Å². The molecule has 0 amide bonds. The third kappa shape index (κ3) is 4.82. The first kappa shape index (κ1) is 25.7. The van der Waals surface area contributed by atoms with Gasteiger partial charge in [-0.1, -0.05) is 48.5 Å². The molecule has 1 aliphatic heterocycles. The number of aryl methyl sites for hydroxylation is 1. The minimum Gasteiger partial charge on any atom is -0.341 e. The highest BCUT2D eigenvalue weighted by atomic mass is 32.2. The molecule has 4 aromatic rings. The molecular weight excluding hydrogens is 496 g/mol. The molecule has 0 aliphatic carbocycles. The molecule has 0 radical (unpaired) electrons. The Morgan fingerprint density at radius 2 is 1.74 bits per heavy atom. The van der Waals surface area contributed by atoms with Gasteiger partial charge < -0.3 is 9.40 Å². The van der Waals surface area contributed by atoms with Crippen LogP contribution in [-0.2, 0) is 16.2 Å². The van der Waals surface area contributed by atoms with E-state index in [-0.39, 0.29) is 17.3 Å². The minimum absolute atomic E-state index is 0.0428. The van der Waals surface area contributed by atoms with Crippen molar-refractivity contribution in [2.75, 3.05) is 0 Å². The van der Waals surface area contributed by atoms with Crippen LogP contribution in [0.1, 0.15) is 66.3 Å². The number of Topliss-reactive ketones (excluding diaryl/α,β-unsaturated/α-hetero) is 2. The topological polar surface area (TPSA) is 77.7 Å². The van der Waals surface area contributed by atoms with E-state index >= 15 is 0 Å². The number of hydrogen-bond acceptors (Lipinski definition) is 6. The van der Waals surface area contributed by atoms with Crippen LogP contribution in [0.5, 0.6) is 0 Å². The second kappa shape index (κ2) is 10.8. The van der Waals surface area contributed by atoms with Crippen LogP contribution < -0.4 is 0 Å². The van der Waals surface area contributed by atoms with E-state index in [0.717, 1.165) is 57.2 Å². The number of thioether (sulfide) groups is 1. The fourth-order valence-electron chi connectivity index (χ4n) is 4.81. The predicted octanol–water partition coefficient (Wildman–Crippen LogP) is 7.44.